The lowest BCUT2D eigenvalue weighted by atomic mass is 9.89. The van der Waals surface area contributed by atoms with E-state index in [2.05, 4.69) is 118 Å². The summed E-state index contributed by atoms with van der Waals surface area (Å²) in [7, 11) is 0. The van der Waals surface area contributed by atoms with Crippen LogP contribution in [-0.2, 0) is 0 Å². The summed E-state index contributed by atoms with van der Waals surface area (Å²) in [6, 6.07) is 49.4. The Balaban J connectivity index is 1.15. The summed E-state index contributed by atoms with van der Waals surface area (Å²) >= 11 is 0. The van der Waals surface area contributed by atoms with Gasteiger partial charge in [0.25, 0.3) is 0 Å². The number of nitrogens with zero attached hydrogens (tertiary/aromatic N) is 3. The van der Waals surface area contributed by atoms with Crippen LogP contribution in [0, 0.1) is 0 Å². The van der Waals surface area contributed by atoms with E-state index < -0.39 is 0 Å². The third-order valence-corrected chi connectivity index (χ3v) is 7.94. The predicted molar refractivity (Wildman–Crippen MR) is 171 cm³/mol. The van der Waals surface area contributed by atoms with Gasteiger partial charge in [-0.15, -0.1) is 0 Å². The number of hydrogen-bond acceptors (Lipinski definition) is 3. The maximum atomic E-state index is 4.59. The maximum absolute atomic E-state index is 4.59. The van der Waals surface area contributed by atoms with Gasteiger partial charge in [-0.25, -0.2) is 9.97 Å². The summed E-state index contributed by atoms with van der Waals surface area (Å²) in [5.41, 5.74) is 5.84. The van der Waals surface area contributed by atoms with Crippen molar-refractivity contribution in [3.63, 3.8) is 0 Å². The molecule has 0 aliphatic carbocycles. The van der Waals surface area contributed by atoms with Crippen molar-refractivity contribution >= 4 is 49.6 Å². The summed E-state index contributed by atoms with van der Waals surface area (Å²) in [6.07, 6.45) is 3.62. The molecular weight excluding hydrogens is 498 g/mol. The smallest absolute Gasteiger partial charge is 0.138 e. The van der Waals surface area contributed by atoms with Crippen LogP contribution in [0.3, 0.4) is 0 Å². The van der Waals surface area contributed by atoms with Gasteiger partial charge in [-0.2, -0.15) is 0 Å². The normalized spacial score (nSPS) is 11.4. The van der Waals surface area contributed by atoms with Crippen LogP contribution in [0.5, 0.6) is 0 Å². The monoisotopic (exact) mass is 523 g/mol. The van der Waals surface area contributed by atoms with Crippen LogP contribution < -0.4 is 4.90 Å². The van der Waals surface area contributed by atoms with Gasteiger partial charge in [0.2, 0.25) is 0 Å². The number of anilines is 3. The van der Waals surface area contributed by atoms with E-state index in [1.165, 1.54) is 49.0 Å². The van der Waals surface area contributed by atoms with Gasteiger partial charge in [0.15, 0.2) is 0 Å². The van der Waals surface area contributed by atoms with E-state index in [0.29, 0.717) is 0 Å². The van der Waals surface area contributed by atoms with Gasteiger partial charge < -0.3 is 0 Å². The van der Waals surface area contributed by atoms with Crippen LogP contribution in [-0.4, -0.2) is 9.97 Å². The zero-order chi connectivity index (χ0) is 27.2. The van der Waals surface area contributed by atoms with Crippen LogP contribution in [0.1, 0.15) is 0 Å². The largest absolute Gasteiger partial charge is 0.279 e. The van der Waals surface area contributed by atoms with Crippen molar-refractivity contribution < 1.29 is 0 Å². The molecule has 8 aromatic rings. The molecule has 0 bridgehead atoms. The summed E-state index contributed by atoms with van der Waals surface area (Å²) in [5.74, 6) is 1.66. The van der Waals surface area contributed by atoms with Gasteiger partial charge in [-0.05, 0) is 91.0 Å². The molecule has 0 N–H and O–H groups in total. The predicted octanol–water partition coefficient (Wildman–Crippen LogP) is 10.2. The van der Waals surface area contributed by atoms with E-state index in [0.717, 1.165) is 22.9 Å². The van der Waals surface area contributed by atoms with Gasteiger partial charge in [-0.3, -0.25) is 4.90 Å². The van der Waals surface area contributed by atoms with E-state index in [-0.39, 0.29) is 0 Å². The van der Waals surface area contributed by atoms with Gasteiger partial charge in [0, 0.05) is 18.1 Å². The van der Waals surface area contributed by atoms with Crippen molar-refractivity contribution in [1.82, 2.24) is 9.97 Å². The molecule has 2 aromatic heterocycles. The second-order valence-corrected chi connectivity index (χ2v) is 10.3. The third-order valence-electron chi connectivity index (χ3n) is 7.94. The molecule has 0 amide bonds. The van der Waals surface area contributed by atoms with Crippen LogP contribution in [0.15, 0.2) is 152 Å². The quantitative estimate of drug-likeness (QED) is 0.210. The van der Waals surface area contributed by atoms with Crippen molar-refractivity contribution in [2.45, 2.75) is 0 Å². The minimum Gasteiger partial charge on any atom is -0.279 e. The lowest BCUT2D eigenvalue weighted by Crippen LogP contribution is -2.12. The highest BCUT2D eigenvalue weighted by molar-refractivity contribution is 6.25. The summed E-state index contributed by atoms with van der Waals surface area (Å²) in [4.78, 5) is 11.2. The Bertz CT molecular complexity index is 2060. The molecule has 41 heavy (non-hydrogen) atoms. The highest BCUT2D eigenvalue weighted by Crippen LogP contribution is 2.40. The fourth-order valence-electron chi connectivity index (χ4n) is 5.99. The van der Waals surface area contributed by atoms with Gasteiger partial charge in [-0.1, -0.05) is 103 Å². The maximum Gasteiger partial charge on any atom is 0.138 e. The van der Waals surface area contributed by atoms with Crippen LogP contribution in [0.25, 0.3) is 54.6 Å². The Morgan fingerprint density at radius 3 is 1.54 bits per heavy atom. The van der Waals surface area contributed by atoms with E-state index in [1.807, 2.05) is 48.8 Å². The van der Waals surface area contributed by atoms with Gasteiger partial charge >= 0.3 is 0 Å². The van der Waals surface area contributed by atoms with Gasteiger partial charge in [0.1, 0.15) is 11.6 Å². The molecule has 192 valence electrons. The van der Waals surface area contributed by atoms with E-state index in [1.54, 1.807) is 0 Å². The Kier molecular flexibility index (Phi) is 5.46. The molecule has 8 rings (SSSR count). The molecule has 3 heteroatoms. The fourth-order valence-corrected chi connectivity index (χ4v) is 5.99. The standard InChI is InChI=1S/C38H25N3/c1-3-24-39-35(8-1)41(36-9-2-4-25-40-36)32-20-16-27(17-21-32)26-10-12-28(13-11-26)33-22-18-31-15-14-29-6-5-7-30-19-23-34(33)38(31)37(29)30/h1-25H. The van der Waals surface area contributed by atoms with E-state index >= 15 is 0 Å². The Labute approximate surface area is 238 Å². The Morgan fingerprint density at radius 1 is 0.390 bits per heavy atom. The number of hydrogen-bond donors (Lipinski definition) is 0. The average molecular weight is 524 g/mol. The molecule has 0 aliphatic rings. The van der Waals surface area contributed by atoms with Crippen LogP contribution in [0.2, 0.25) is 0 Å². The van der Waals surface area contributed by atoms with Crippen molar-refractivity contribution in [2.24, 2.45) is 0 Å². The number of rotatable bonds is 5. The third kappa shape index (κ3) is 3.98. The first-order valence-corrected chi connectivity index (χ1v) is 13.8. The average Bonchev–Trinajstić information content (AvgIpc) is 3.05. The van der Waals surface area contributed by atoms with Crippen molar-refractivity contribution in [2.75, 3.05) is 4.90 Å². The lowest BCUT2D eigenvalue weighted by Gasteiger charge is -2.23. The first-order chi connectivity index (χ1) is 20.3. The molecule has 0 fully saturated rings. The topological polar surface area (TPSA) is 29.0 Å². The Hall–Kier alpha value is -5.54. The van der Waals surface area contributed by atoms with Crippen LogP contribution >= 0.6 is 0 Å². The lowest BCUT2D eigenvalue weighted by molar-refractivity contribution is 1.13. The molecule has 2 heterocycles. The second kappa shape index (κ2) is 9.58. The molecule has 0 unspecified atom stereocenters. The molecule has 6 aromatic carbocycles. The number of benzene rings is 6. The second-order valence-electron chi connectivity index (χ2n) is 10.3. The molecule has 0 aliphatic heterocycles. The molecule has 0 radical (unpaired) electrons. The first-order valence-electron chi connectivity index (χ1n) is 13.8. The summed E-state index contributed by atoms with van der Waals surface area (Å²) in [5, 5.41) is 7.88. The molecular formula is C38H25N3. The Morgan fingerprint density at radius 2 is 0.927 bits per heavy atom. The first kappa shape index (κ1) is 23.4. The molecule has 0 saturated heterocycles. The zero-order valence-corrected chi connectivity index (χ0v) is 22.3. The van der Waals surface area contributed by atoms with Crippen molar-refractivity contribution in [1.29, 1.82) is 0 Å². The zero-order valence-electron chi connectivity index (χ0n) is 22.3. The van der Waals surface area contributed by atoms with Crippen molar-refractivity contribution in [3.05, 3.63) is 152 Å². The highest BCUT2D eigenvalue weighted by Gasteiger charge is 2.15. The summed E-state index contributed by atoms with van der Waals surface area (Å²) < 4.78 is 0. The van der Waals surface area contributed by atoms with E-state index in [4.69, 9.17) is 0 Å². The SMILES string of the molecule is c1ccc(N(c2ccc(-c3ccc(-c4ccc5ccc6cccc7ccc4c5c67)cc3)cc2)c2ccccn2)nc1. The highest BCUT2D eigenvalue weighted by atomic mass is 15.2. The molecule has 0 spiro atoms. The minimum atomic E-state index is 0.830. The number of pyridine rings is 2. The van der Waals surface area contributed by atoms with Crippen molar-refractivity contribution in [3.8, 4) is 22.3 Å². The summed E-state index contributed by atoms with van der Waals surface area (Å²) in [6.45, 7) is 0. The van der Waals surface area contributed by atoms with Crippen LogP contribution in [0.4, 0.5) is 17.3 Å². The minimum absolute atomic E-state index is 0.830. The molecule has 0 atom stereocenters. The number of aromatic nitrogens is 2. The van der Waals surface area contributed by atoms with E-state index in [9.17, 15) is 0 Å². The molecule has 3 nitrogen and oxygen atoms in total. The fraction of sp³-hybridized carbons (Fsp3) is 0. The molecule has 0 saturated carbocycles. The van der Waals surface area contributed by atoms with Gasteiger partial charge in [0.05, 0.1) is 0 Å².